The van der Waals surface area contributed by atoms with E-state index in [1.54, 1.807) is 12.1 Å². The van der Waals surface area contributed by atoms with Gasteiger partial charge >= 0.3 is 0 Å². The lowest BCUT2D eigenvalue weighted by Crippen LogP contribution is -2.46. The minimum absolute atomic E-state index is 0.383. The second-order valence-electron chi connectivity index (χ2n) is 5.50. The summed E-state index contributed by atoms with van der Waals surface area (Å²) < 4.78 is 0. The number of anilines is 1. The summed E-state index contributed by atoms with van der Waals surface area (Å²) >= 11 is 0. The number of nitrogens with two attached hydrogens (primary N) is 1. The predicted octanol–water partition coefficient (Wildman–Crippen LogP) is 1.50. The molecule has 1 amide bonds. The van der Waals surface area contributed by atoms with Crippen molar-refractivity contribution < 1.29 is 4.79 Å². The van der Waals surface area contributed by atoms with E-state index in [0.29, 0.717) is 5.56 Å². The summed E-state index contributed by atoms with van der Waals surface area (Å²) in [5.41, 5.74) is 8.08. The minimum atomic E-state index is -0.383. The maximum atomic E-state index is 11.1. The van der Waals surface area contributed by atoms with Crippen LogP contribution >= 0.6 is 0 Å². The number of piperazine rings is 1. The Morgan fingerprint density at radius 3 is 2.36 bits per heavy atom. The smallest absolute Gasteiger partial charge is 0.248 e. The first-order valence-electron chi connectivity index (χ1n) is 7.49. The van der Waals surface area contributed by atoms with Crippen LogP contribution in [0.1, 0.15) is 16.1 Å². The first-order valence-corrected chi connectivity index (χ1v) is 7.49. The molecule has 0 bridgehead atoms. The van der Waals surface area contributed by atoms with Gasteiger partial charge in [-0.05, 0) is 36.4 Å². The van der Waals surface area contributed by atoms with Gasteiger partial charge in [0.05, 0.1) is 5.69 Å². The standard InChI is InChI=1S/C17H20N4O/c18-17(22)14-4-6-16(7-5-14)21-11-9-20(10-12-21)13-15-3-1-2-8-19-15/h1-8H,9-13H2,(H2,18,22). The average Bonchev–Trinajstić information content (AvgIpc) is 2.57. The molecule has 22 heavy (non-hydrogen) atoms. The quantitative estimate of drug-likeness (QED) is 0.929. The minimum Gasteiger partial charge on any atom is -0.369 e. The van der Waals surface area contributed by atoms with Crippen LogP contribution in [0.15, 0.2) is 48.7 Å². The normalized spacial score (nSPS) is 15.7. The fourth-order valence-electron chi connectivity index (χ4n) is 2.72. The molecule has 5 heteroatoms. The monoisotopic (exact) mass is 296 g/mol. The molecule has 3 rings (SSSR count). The van der Waals surface area contributed by atoms with Crippen molar-refractivity contribution in [1.82, 2.24) is 9.88 Å². The van der Waals surface area contributed by atoms with Crippen molar-refractivity contribution in [3.8, 4) is 0 Å². The van der Waals surface area contributed by atoms with Gasteiger partial charge in [-0.3, -0.25) is 14.7 Å². The van der Waals surface area contributed by atoms with Gasteiger partial charge in [-0.25, -0.2) is 0 Å². The lowest BCUT2D eigenvalue weighted by Gasteiger charge is -2.36. The number of amides is 1. The van der Waals surface area contributed by atoms with E-state index in [4.69, 9.17) is 5.73 Å². The molecule has 0 saturated carbocycles. The molecule has 0 atom stereocenters. The molecule has 2 aromatic rings. The molecule has 0 radical (unpaired) electrons. The Morgan fingerprint density at radius 1 is 1.05 bits per heavy atom. The van der Waals surface area contributed by atoms with Crippen LogP contribution in [0.3, 0.4) is 0 Å². The fourth-order valence-corrected chi connectivity index (χ4v) is 2.72. The van der Waals surface area contributed by atoms with Crippen LogP contribution in [0, 0.1) is 0 Å². The number of aromatic nitrogens is 1. The average molecular weight is 296 g/mol. The molecule has 1 aromatic carbocycles. The molecule has 1 aromatic heterocycles. The van der Waals surface area contributed by atoms with Crippen LogP contribution in [0.4, 0.5) is 5.69 Å². The van der Waals surface area contributed by atoms with E-state index in [1.807, 2.05) is 30.5 Å². The van der Waals surface area contributed by atoms with E-state index in [1.165, 1.54) is 0 Å². The molecule has 5 nitrogen and oxygen atoms in total. The van der Waals surface area contributed by atoms with Gasteiger partial charge in [0.25, 0.3) is 0 Å². The molecule has 0 aliphatic carbocycles. The van der Waals surface area contributed by atoms with E-state index in [-0.39, 0.29) is 5.91 Å². The molecule has 114 valence electrons. The number of nitrogens with zero attached hydrogens (tertiary/aromatic N) is 3. The zero-order chi connectivity index (χ0) is 15.4. The van der Waals surface area contributed by atoms with Gasteiger partial charge in [-0.15, -0.1) is 0 Å². The van der Waals surface area contributed by atoms with Crippen LogP contribution in [-0.4, -0.2) is 42.0 Å². The van der Waals surface area contributed by atoms with Crippen molar-refractivity contribution in [1.29, 1.82) is 0 Å². The maximum absolute atomic E-state index is 11.1. The van der Waals surface area contributed by atoms with E-state index >= 15 is 0 Å². The highest BCUT2D eigenvalue weighted by atomic mass is 16.1. The first kappa shape index (κ1) is 14.5. The molecule has 1 saturated heterocycles. The Morgan fingerprint density at radius 2 is 1.77 bits per heavy atom. The summed E-state index contributed by atoms with van der Waals surface area (Å²) in [5, 5.41) is 0. The zero-order valence-corrected chi connectivity index (χ0v) is 12.5. The number of carbonyl (C=O) groups excluding carboxylic acids is 1. The summed E-state index contributed by atoms with van der Waals surface area (Å²) in [5.74, 6) is -0.383. The van der Waals surface area contributed by atoms with Crippen molar-refractivity contribution in [3.05, 3.63) is 59.9 Å². The highest BCUT2D eigenvalue weighted by Gasteiger charge is 2.17. The number of hydrogen-bond donors (Lipinski definition) is 1. The van der Waals surface area contributed by atoms with Crippen LogP contribution in [0.25, 0.3) is 0 Å². The van der Waals surface area contributed by atoms with Gasteiger partial charge in [0.1, 0.15) is 0 Å². The SMILES string of the molecule is NC(=O)c1ccc(N2CCN(Cc3ccccn3)CC2)cc1. The van der Waals surface area contributed by atoms with Crippen LogP contribution in [0.5, 0.6) is 0 Å². The lowest BCUT2D eigenvalue weighted by atomic mass is 10.1. The van der Waals surface area contributed by atoms with Gasteiger partial charge in [0.2, 0.25) is 5.91 Å². The van der Waals surface area contributed by atoms with Crippen LogP contribution in [-0.2, 0) is 6.54 Å². The van der Waals surface area contributed by atoms with Crippen molar-refractivity contribution in [2.75, 3.05) is 31.1 Å². The number of primary amides is 1. The fraction of sp³-hybridized carbons (Fsp3) is 0.294. The Labute approximate surface area is 130 Å². The highest BCUT2D eigenvalue weighted by molar-refractivity contribution is 5.93. The Bertz CT molecular complexity index is 619. The Kier molecular flexibility index (Phi) is 4.34. The summed E-state index contributed by atoms with van der Waals surface area (Å²) in [6.07, 6.45) is 1.84. The van der Waals surface area contributed by atoms with Crippen molar-refractivity contribution in [3.63, 3.8) is 0 Å². The van der Waals surface area contributed by atoms with Crippen molar-refractivity contribution in [2.24, 2.45) is 5.73 Å². The Balaban J connectivity index is 1.56. The summed E-state index contributed by atoms with van der Waals surface area (Å²) in [7, 11) is 0. The molecular formula is C17H20N4O. The molecular weight excluding hydrogens is 276 g/mol. The third-order valence-electron chi connectivity index (χ3n) is 4.00. The van der Waals surface area contributed by atoms with E-state index in [9.17, 15) is 4.79 Å². The zero-order valence-electron chi connectivity index (χ0n) is 12.5. The Hall–Kier alpha value is -2.40. The summed E-state index contributed by atoms with van der Waals surface area (Å²) in [6.45, 7) is 4.86. The number of benzene rings is 1. The van der Waals surface area contributed by atoms with Gasteiger partial charge in [0.15, 0.2) is 0 Å². The van der Waals surface area contributed by atoms with E-state index in [0.717, 1.165) is 44.1 Å². The van der Waals surface area contributed by atoms with E-state index < -0.39 is 0 Å². The topological polar surface area (TPSA) is 62.5 Å². The first-order chi connectivity index (χ1) is 10.7. The lowest BCUT2D eigenvalue weighted by molar-refractivity contribution is 0.100. The third-order valence-corrected chi connectivity index (χ3v) is 4.00. The molecule has 2 N–H and O–H groups in total. The van der Waals surface area contributed by atoms with Gasteiger partial charge in [0, 0.05) is 50.2 Å². The molecule has 2 heterocycles. The molecule has 1 fully saturated rings. The maximum Gasteiger partial charge on any atom is 0.248 e. The van der Waals surface area contributed by atoms with Gasteiger partial charge < -0.3 is 10.6 Å². The third kappa shape index (κ3) is 3.43. The van der Waals surface area contributed by atoms with Gasteiger partial charge in [-0.1, -0.05) is 6.07 Å². The van der Waals surface area contributed by atoms with Crippen molar-refractivity contribution in [2.45, 2.75) is 6.54 Å². The predicted molar refractivity (Wildman–Crippen MR) is 86.7 cm³/mol. The largest absolute Gasteiger partial charge is 0.369 e. The molecule has 0 spiro atoms. The number of hydrogen-bond acceptors (Lipinski definition) is 4. The second kappa shape index (κ2) is 6.58. The second-order valence-corrected chi connectivity index (χ2v) is 5.50. The number of rotatable bonds is 4. The molecule has 1 aliphatic rings. The molecule has 0 unspecified atom stereocenters. The number of pyridine rings is 1. The number of carbonyl (C=O) groups is 1. The molecule has 1 aliphatic heterocycles. The highest BCUT2D eigenvalue weighted by Crippen LogP contribution is 2.18. The van der Waals surface area contributed by atoms with Crippen LogP contribution in [0.2, 0.25) is 0 Å². The van der Waals surface area contributed by atoms with Gasteiger partial charge in [-0.2, -0.15) is 0 Å². The van der Waals surface area contributed by atoms with Crippen molar-refractivity contribution >= 4 is 11.6 Å². The summed E-state index contributed by atoms with van der Waals surface area (Å²) in [6, 6.07) is 13.5. The summed E-state index contributed by atoms with van der Waals surface area (Å²) in [4.78, 5) is 20.2. The van der Waals surface area contributed by atoms with Crippen LogP contribution < -0.4 is 10.6 Å². The van der Waals surface area contributed by atoms with E-state index in [2.05, 4.69) is 20.9 Å².